The zero-order valence-electron chi connectivity index (χ0n) is 8.95. The van der Waals surface area contributed by atoms with E-state index in [0.717, 1.165) is 16.6 Å². The van der Waals surface area contributed by atoms with E-state index in [4.69, 9.17) is 5.26 Å². The van der Waals surface area contributed by atoms with Gasteiger partial charge in [-0.1, -0.05) is 27.7 Å². The third-order valence-electron chi connectivity index (χ3n) is 2.18. The number of hydrogen-bond donors (Lipinski definition) is 0. The Kier molecular flexibility index (Phi) is 4.00. The largest absolute Gasteiger partial charge is 0.204 e. The zero-order valence-corrected chi connectivity index (χ0v) is 11.4. The molecule has 0 fully saturated rings. The molecule has 5 heteroatoms. The molecule has 0 aliphatic rings. The summed E-state index contributed by atoms with van der Waals surface area (Å²) in [6, 6.07) is 11.0. The van der Waals surface area contributed by atoms with E-state index in [0.29, 0.717) is 15.4 Å². The first-order chi connectivity index (χ1) is 8.60. The summed E-state index contributed by atoms with van der Waals surface area (Å²) >= 11 is 4.49. The Labute approximate surface area is 116 Å². The van der Waals surface area contributed by atoms with Crippen LogP contribution in [-0.2, 0) is 0 Å². The summed E-state index contributed by atoms with van der Waals surface area (Å²) in [5.41, 5.74) is 0.485. The molecule has 0 unspecified atom stereocenters. The van der Waals surface area contributed by atoms with Crippen LogP contribution in [0.2, 0.25) is 0 Å². The van der Waals surface area contributed by atoms with E-state index in [2.05, 4.69) is 22.0 Å². The van der Waals surface area contributed by atoms with Crippen LogP contribution in [-0.4, -0.2) is 0 Å². The lowest BCUT2D eigenvalue weighted by Crippen LogP contribution is -1.85. The van der Waals surface area contributed by atoms with Gasteiger partial charge in [0.05, 0.1) is 5.56 Å². The minimum atomic E-state index is -0.893. The Balaban J connectivity index is 2.34. The predicted molar refractivity (Wildman–Crippen MR) is 69.3 cm³/mol. The number of benzene rings is 2. The SMILES string of the molecule is N#Cc1cc(Br)ccc1Sc1ccc(F)c(F)c1. The Morgan fingerprint density at radius 2 is 1.83 bits per heavy atom. The van der Waals surface area contributed by atoms with Crippen LogP contribution in [0.25, 0.3) is 0 Å². The van der Waals surface area contributed by atoms with Crippen molar-refractivity contribution in [1.82, 2.24) is 0 Å². The van der Waals surface area contributed by atoms with Gasteiger partial charge in [0.2, 0.25) is 0 Å². The topological polar surface area (TPSA) is 23.8 Å². The van der Waals surface area contributed by atoms with Crippen LogP contribution in [0.5, 0.6) is 0 Å². The molecular weight excluding hydrogens is 320 g/mol. The van der Waals surface area contributed by atoms with Crippen molar-refractivity contribution in [2.75, 3.05) is 0 Å². The van der Waals surface area contributed by atoms with E-state index in [1.807, 2.05) is 0 Å². The summed E-state index contributed by atoms with van der Waals surface area (Å²) in [7, 11) is 0. The van der Waals surface area contributed by atoms with Crippen molar-refractivity contribution in [1.29, 1.82) is 5.26 Å². The quantitative estimate of drug-likeness (QED) is 0.795. The molecule has 2 aromatic rings. The fraction of sp³-hybridized carbons (Fsp3) is 0. The molecule has 2 aromatic carbocycles. The fourth-order valence-electron chi connectivity index (χ4n) is 1.35. The molecule has 0 saturated heterocycles. The number of rotatable bonds is 2. The molecule has 0 aliphatic carbocycles. The summed E-state index contributed by atoms with van der Waals surface area (Å²) in [5, 5.41) is 9.00. The van der Waals surface area contributed by atoms with Crippen molar-refractivity contribution >= 4 is 27.7 Å². The molecule has 0 heterocycles. The van der Waals surface area contributed by atoms with Crippen molar-refractivity contribution < 1.29 is 8.78 Å². The first-order valence-corrected chi connectivity index (χ1v) is 6.53. The van der Waals surface area contributed by atoms with Gasteiger partial charge in [0.25, 0.3) is 0 Å². The van der Waals surface area contributed by atoms with Gasteiger partial charge < -0.3 is 0 Å². The van der Waals surface area contributed by atoms with Crippen molar-refractivity contribution in [3.8, 4) is 6.07 Å². The molecule has 0 spiro atoms. The Hall–Kier alpha value is -1.38. The molecule has 90 valence electrons. The minimum absolute atomic E-state index is 0.485. The molecule has 0 aromatic heterocycles. The zero-order chi connectivity index (χ0) is 13.1. The van der Waals surface area contributed by atoms with E-state index < -0.39 is 11.6 Å². The second-order valence-corrected chi connectivity index (χ2v) is 5.46. The normalized spacial score (nSPS) is 10.1. The minimum Gasteiger partial charge on any atom is -0.204 e. The standard InChI is InChI=1S/C13H6BrF2NS/c14-9-1-4-13(8(5-9)7-17)18-10-2-3-11(15)12(16)6-10/h1-6H. The van der Waals surface area contributed by atoms with Gasteiger partial charge in [-0.15, -0.1) is 0 Å². The van der Waals surface area contributed by atoms with E-state index in [9.17, 15) is 8.78 Å². The lowest BCUT2D eigenvalue weighted by atomic mass is 10.2. The molecule has 0 aliphatic heterocycles. The molecule has 0 radical (unpaired) electrons. The predicted octanol–water partition coefficient (Wildman–Crippen LogP) is 4.75. The highest BCUT2D eigenvalue weighted by Crippen LogP contribution is 2.32. The molecule has 0 amide bonds. The van der Waals surface area contributed by atoms with Crippen LogP contribution in [0.3, 0.4) is 0 Å². The number of halogens is 3. The maximum absolute atomic E-state index is 13.1. The lowest BCUT2D eigenvalue weighted by molar-refractivity contribution is 0.506. The Morgan fingerprint density at radius 3 is 2.50 bits per heavy atom. The van der Waals surface area contributed by atoms with Gasteiger partial charge in [-0.3, -0.25) is 0 Å². The van der Waals surface area contributed by atoms with E-state index >= 15 is 0 Å². The summed E-state index contributed by atoms with van der Waals surface area (Å²) in [4.78, 5) is 1.25. The van der Waals surface area contributed by atoms with Crippen LogP contribution in [0.1, 0.15) is 5.56 Å². The van der Waals surface area contributed by atoms with E-state index in [-0.39, 0.29) is 0 Å². The van der Waals surface area contributed by atoms with Gasteiger partial charge in [0, 0.05) is 14.3 Å². The Bertz CT molecular complexity index is 637. The smallest absolute Gasteiger partial charge is 0.159 e. The monoisotopic (exact) mass is 325 g/mol. The highest BCUT2D eigenvalue weighted by Gasteiger charge is 2.07. The molecular formula is C13H6BrF2NS. The van der Waals surface area contributed by atoms with Crippen LogP contribution in [0.4, 0.5) is 8.78 Å². The molecule has 1 nitrogen and oxygen atoms in total. The van der Waals surface area contributed by atoms with Crippen molar-refractivity contribution in [3.05, 3.63) is 58.1 Å². The van der Waals surface area contributed by atoms with Crippen molar-refractivity contribution in [2.24, 2.45) is 0 Å². The third kappa shape index (κ3) is 2.89. The number of nitriles is 1. The lowest BCUT2D eigenvalue weighted by Gasteiger charge is -2.04. The molecule has 18 heavy (non-hydrogen) atoms. The summed E-state index contributed by atoms with van der Waals surface area (Å²) in [6.07, 6.45) is 0. The van der Waals surface area contributed by atoms with Crippen molar-refractivity contribution in [2.45, 2.75) is 9.79 Å². The average molecular weight is 326 g/mol. The molecule has 0 N–H and O–H groups in total. The maximum atomic E-state index is 13.1. The third-order valence-corrected chi connectivity index (χ3v) is 3.74. The molecule has 0 bridgehead atoms. The highest BCUT2D eigenvalue weighted by molar-refractivity contribution is 9.10. The molecule has 0 atom stereocenters. The van der Waals surface area contributed by atoms with Crippen LogP contribution in [0, 0.1) is 23.0 Å². The fourth-order valence-corrected chi connectivity index (χ4v) is 2.61. The number of nitrogens with zero attached hydrogens (tertiary/aromatic N) is 1. The Morgan fingerprint density at radius 1 is 1.06 bits per heavy atom. The highest BCUT2D eigenvalue weighted by atomic mass is 79.9. The molecule has 0 saturated carbocycles. The molecule has 2 rings (SSSR count). The number of hydrogen-bond acceptors (Lipinski definition) is 2. The van der Waals surface area contributed by atoms with Crippen molar-refractivity contribution in [3.63, 3.8) is 0 Å². The van der Waals surface area contributed by atoms with Crippen LogP contribution < -0.4 is 0 Å². The van der Waals surface area contributed by atoms with Gasteiger partial charge in [-0.05, 0) is 36.4 Å². The first kappa shape index (κ1) is 13.1. The van der Waals surface area contributed by atoms with Crippen LogP contribution >= 0.6 is 27.7 Å². The second-order valence-electron chi connectivity index (χ2n) is 3.43. The summed E-state index contributed by atoms with van der Waals surface area (Å²) in [5.74, 6) is -1.77. The second kappa shape index (κ2) is 5.51. The van der Waals surface area contributed by atoms with Crippen LogP contribution in [0.15, 0.2) is 50.7 Å². The first-order valence-electron chi connectivity index (χ1n) is 4.92. The van der Waals surface area contributed by atoms with Gasteiger partial charge in [0.15, 0.2) is 11.6 Å². The summed E-state index contributed by atoms with van der Waals surface area (Å²) < 4.78 is 26.7. The maximum Gasteiger partial charge on any atom is 0.159 e. The van der Waals surface area contributed by atoms with E-state index in [1.165, 1.54) is 17.8 Å². The van der Waals surface area contributed by atoms with Gasteiger partial charge in [0.1, 0.15) is 6.07 Å². The van der Waals surface area contributed by atoms with E-state index in [1.54, 1.807) is 18.2 Å². The van der Waals surface area contributed by atoms with Gasteiger partial charge >= 0.3 is 0 Å². The van der Waals surface area contributed by atoms with Gasteiger partial charge in [-0.2, -0.15) is 5.26 Å². The van der Waals surface area contributed by atoms with Gasteiger partial charge in [-0.25, -0.2) is 8.78 Å². The summed E-state index contributed by atoms with van der Waals surface area (Å²) in [6.45, 7) is 0. The average Bonchev–Trinajstić information content (AvgIpc) is 2.36.